The molecule has 1 aromatic rings. The predicted octanol–water partition coefficient (Wildman–Crippen LogP) is -1.19. The molecule has 6 rings (SSSR count). The summed E-state index contributed by atoms with van der Waals surface area (Å²) in [5.41, 5.74) is 0.127. The van der Waals surface area contributed by atoms with Gasteiger partial charge in [0.25, 0.3) is 5.91 Å². The quantitative estimate of drug-likeness (QED) is 0.238. The van der Waals surface area contributed by atoms with Crippen molar-refractivity contribution in [2.45, 2.75) is 67.3 Å². The molecule has 0 saturated carbocycles. The van der Waals surface area contributed by atoms with E-state index in [1.807, 2.05) is 0 Å². The Morgan fingerprint density at radius 2 is 1.93 bits per heavy atom. The number of hydrogen-bond donors (Lipinski definition) is 6. The fraction of sp³-hybridized carbons (Fsp3) is 0.519. The van der Waals surface area contributed by atoms with Gasteiger partial charge in [0, 0.05) is 17.5 Å². The van der Waals surface area contributed by atoms with E-state index >= 15 is 0 Å². The number of hydrogen-bond acceptors (Lipinski definition) is 10. The fourth-order valence-electron chi connectivity index (χ4n) is 6.98. The predicted molar refractivity (Wildman–Crippen MR) is 133 cm³/mol. The number of benzene rings is 1. The number of nitrogens with one attached hydrogen (secondary N) is 1. The first-order valence-corrected chi connectivity index (χ1v) is 13.0. The number of ether oxygens (including phenoxy) is 3. The molecule has 1 aromatic carbocycles. The molecule has 5 heterocycles. The van der Waals surface area contributed by atoms with Crippen LogP contribution in [0.1, 0.15) is 18.4 Å². The van der Waals surface area contributed by atoms with Gasteiger partial charge in [0.1, 0.15) is 30.5 Å². The lowest BCUT2D eigenvalue weighted by molar-refractivity contribution is -0.339. The lowest BCUT2D eigenvalue weighted by atomic mass is 9.67. The second kappa shape index (κ2) is 9.65. The lowest BCUT2D eigenvalue weighted by Crippen LogP contribution is -2.61. The number of carboxylic acids is 1. The van der Waals surface area contributed by atoms with Gasteiger partial charge in [-0.15, -0.1) is 6.58 Å². The van der Waals surface area contributed by atoms with Gasteiger partial charge in [-0.3, -0.25) is 9.59 Å². The van der Waals surface area contributed by atoms with Gasteiger partial charge in [-0.2, -0.15) is 0 Å². The number of aliphatic carboxylic acids is 1. The number of carboxylic acid groups (broad SMARTS) is 1. The molecule has 11 atom stereocenters. The van der Waals surface area contributed by atoms with Crippen LogP contribution >= 0.6 is 0 Å². The Morgan fingerprint density at radius 3 is 2.62 bits per heavy atom. The zero-order chi connectivity index (χ0) is 28.5. The van der Waals surface area contributed by atoms with Gasteiger partial charge >= 0.3 is 5.97 Å². The van der Waals surface area contributed by atoms with Gasteiger partial charge in [-0.05, 0) is 24.5 Å². The van der Waals surface area contributed by atoms with E-state index in [0.29, 0.717) is 11.3 Å². The fourth-order valence-corrected chi connectivity index (χ4v) is 6.98. The SMILES string of the molecule is C=C[C@H]1[C@H](O[C@@H]2O[C@H](CO)[C@@H](O)[C@H](O)[C@H]2O)OC=C2C(=O)N3[C@H](C(=O)O)C[C@]4(C(=O)Nc5ccccc54)[C@H]3C[C@H]21. The normalized spacial score (nSPS) is 41.9. The van der Waals surface area contributed by atoms with Crippen LogP contribution in [0.15, 0.2) is 48.8 Å². The third-order valence-electron chi connectivity index (χ3n) is 8.96. The van der Waals surface area contributed by atoms with Gasteiger partial charge in [0.05, 0.1) is 29.9 Å². The van der Waals surface area contributed by atoms with Gasteiger partial charge in [0.2, 0.25) is 12.2 Å². The second-order valence-electron chi connectivity index (χ2n) is 10.8. The third-order valence-corrected chi connectivity index (χ3v) is 8.96. The molecular formula is C27H30N2O11. The van der Waals surface area contributed by atoms with Crippen LogP contribution in [0.2, 0.25) is 0 Å². The summed E-state index contributed by atoms with van der Waals surface area (Å²) in [7, 11) is 0. The van der Waals surface area contributed by atoms with E-state index in [4.69, 9.17) is 14.2 Å². The summed E-state index contributed by atoms with van der Waals surface area (Å²) in [4.78, 5) is 41.0. The zero-order valence-corrected chi connectivity index (χ0v) is 21.2. The van der Waals surface area contributed by atoms with Crippen molar-refractivity contribution in [3.05, 3.63) is 54.3 Å². The minimum absolute atomic E-state index is 0.0913. The first kappa shape index (κ1) is 26.9. The summed E-state index contributed by atoms with van der Waals surface area (Å²) < 4.78 is 17.0. The summed E-state index contributed by atoms with van der Waals surface area (Å²) in [6, 6.07) is 5.01. The molecule has 5 aliphatic heterocycles. The van der Waals surface area contributed by atoms with Crippen molar-refractivity contribution in [3.63, 3.8) is 0 Å². The minimum atomic E-state index is -1.67. The van der Waals surface area contributed by atoms with E-state index in [1.165, 1.54) is 17.2 Å². The Hall–Kier alpha value is -3.33. The highest BCUT2D eigenvalue weighted by atomic mass is 16.8. The molecule has 214 valence electrons. The molecule has 13 nitrogen and oxygen atoms in total. The van der Waals surface area contributed by atoms with E-state index in [2.05, 4.69) is 11.9 Å². The molecule has 3 fully saturated rings. The van der Waals surface area contributed by atoms with Gasteiger partial charge in [-0.1, -0.05) is 24.3 Å². The van der Waals surface area contributed by atoms with E-state index in [9.17, 15) is 39.9 Å². The van der Waals surface area contributed by atoms with Crippen LogP contribution < -0.4 is 5.32 Å². The standard InChI is InChI=1S/C27H30N2O11/c1-2-11-12-7-18-27(14-5-3-4-6-15(14)28-26(27)37)8-16(23(35)36)29(18)22(34)13(12)10-38-24(11)40-25-21(33)20(32)19(31)17(9-30)39-25/h2-6,10-12,16-21,24-25,30-33H,1,7-9H2,(H,28,37)(H,35,36)/t11-,12+,16+,17-,18-,19-,20+,21-,24+,25+,27-/m1/s1. The molecular weight excluding hydrogens is 528 g/mol. The summed E-state index contributed by atoms with van der Waals surface area (Å²) in [6.45, 7) is 3.23. The van der Waals surface area contributed by atoms with Crippen molar-refractivity contribution in [2.75, 3.05) is 11.9 Å². The van der Waals surface area contributed by atoms with Crippen LogP contribution in [0.25, 0.3) is 0 Å². The average Bonchev–Trinajstić information content (AvgIpc) is 3.44. The smallest absolute Gasteiger partial charge is 0.326 e. The number of fused-ring (bicyclic) bond motifs is 5. The monoisotopic (exact) mass is 558 g/mol. The maximum atomic E-state index is 13.8. The van der Waals surface area contributed by atoms with Gasteiger partial charge < -0.3 is 50.0 Å². The maximum Gasteiger partial charge on any atom is 0.326 e. The Balaban J connectivity index is 1.34. The summed E-state index contributed by atoms with van der Waals surface area (Å²) in [6.07, 6.45) is -5.96. The van der Waals surface area contributed by atoms with Crippen LogP contribution in [-0.4, -0.2) is 104 Å². The van der Waals surface area contributed by atoms with Crippen molar-refractivity contribution >= 4 is 23.5 Å². The van der Waals surface area contributed by atoms with Crippen LogP contribution in [-0.2, 0) is 34.0 Å². The molecule has 0 bridgehead atoms. The van der Waals surface area contributed by atoms with Crippen molar-refractivity contribution in [3.8, 4) is 0 Å². The van der Waals surface area contributed by atoms with Crippen molar-refractivity contribution in [1.29, 1.82) is 0 Å². The number of rotatable bonds is 5. The Labute approximate surface area is 228 Å². The number of amides is 2. The molecule has 13 heteroatoms. The molecule has 0 aliphatic carbocycles. The maximum absolute atomic E-state index is 13.8. The van der Waals surface area contributed by atoms with Crippen LogP contribution in [0.5, 0.6) is 0 Å². The molecule has 0 aromatic heterocycles. The number of para-hydroxylation sites is 1. The molecule has 2 amide bonds. The van der Waals surface area contributed by atoms with Crippen molar-refractivity contribution < 1.29 is 54.1 Å². The Kier molecular flexibility index (Phi) is 6.48. The largest absolute Gasteiger partial charge is 0.480 e. The van der Waals surface area contributed by atoms with E-state index < -0.39 is 84.8 Å². The molecule has 6 N–H and O–H groups in total. The highest BCUT2D eigenvalue weighted by Gasteiger charge is 2.66. The first-order chi connectivity index (χ1) is 19.1. The number of nitrogens with zero attached hydrogens (tertiary/aromatic N) is 1. The van der Waals surface area contributed by atoms with Gasteiger partial charge in [0.15, 0.2) is 6.29 Å². The summed E-state index contributed by atoms with van der Waals surface area (Å²) in [5, 5.41) is 53.1. The minimum Gasteiger partial charge on any atom is -0.480 e. The van der Waals surface area contributed by atoms with Gasteiger partial charge in [-0.25, -0.2) is 4.79 Å². The third kappa shape index (κ3) is 3.66. The Morgan fingerprint density at radius 1 is 1.18 bits per heavy atom. The van der Waals surface area contributed by atoms with E-state index in [-0.39, 0.29) is 24.3 Å². The molecule has 40 heavy (non-hydrogen) atoms. The number of piperidine rings is 1. The number of aliphatic hydroxyl groups is 4. The first-order valence-electron chi connectivity index (χ1n) is 13.0. The number of carbonyl (C=O) groups is 3. The van der Waals surface area contributed by atoms with Crippen LogP contribution in [0.4, 0.5) is 5.69 Å². The topological polar surface area (TPSA) is 195 Å². The molecule has 1 spiro atoms. The van der Waals surface area contributed by atoms with E-state index in [1.54, 1.807) is 24.3 Å². The van der Waals surface area contributed by atoms with Crippen LogP contribution in [0.3, 0.4) is 0 Å². The summed E-state index contributed by atoms with van der Waals surface area (Å²) >= 11 is 0. The van der Waals surface area contributed by atoms with E-state index in [0.717, 1.165) is 0 Å². The highest BCUT2D eigenvalue weighted by molar-refractivity contribution is 6.09. The molecule has 3 saturated heterocycles. The van der Waals surface area contributed by atoms with Crippen molar-refractivity contribution in [2.24, 2.45) is 11.8 Å². The molecule has 5 aliphatic rings. The lowest BCUT2D eigenvalue weighted by Gasteiger charge is -2.47. The second-order valence-corrected chi connectivity index (χ2v) is 10.8. The average molecular weight is 559 g/mol. The number of carbonyl (C=O) groups excluding carboxylic acids is 2. The van der Waals surface area contributed by atoms with Crippen LogP contribution in [0, 0.1) is 11.8 Å². The molecule has 0 radical (unpaired) electrons. The number of aliphatic hydroxyl groups excluding tert-OH is 4. The summed E-state index contributed by atoms with van der Waals surface area (Å²) in [5.74, 6) is -3.46. The Bertz CT molecular complexity index is 1280. The molecule has 0 unspecified atom stereocenters. The highest BCUT2D eigenvalue weighted by Crippen LogP contribution is 2.56. The van der Waals surface area contributed by atoms with Crippen molar-refractivity contribution in [1.82, 2.24) is 4.90 Å². The zero-order valence-electron chi connectivity index (χ0n) is 21.2. The number of anilines is 1.